The van der Waals surface area contributed by atoms with E-state index < -0.39 is 5.79 Å². The summed E-state index contributed by atoms with van der Waals surface area (Å²) < 4.78 is 19.0. The average molecular weight is 330 g/mol. The van der Waals surface area contributed by atoms with Crippen LogP contribution in [0.3, 0.4) is 0 Å². The standard InChI is InChI=1S/C21H30O3/c1-19(2)18-20(3,11-12-21(19)22-13-14-23-21)10-9-17(24-18)15-16-7-5-4-6-8-16/h4-8,17-18H,9-15H2,1-3H3. The van der Waals surface area contributed by atoms with Crippen LogP contribution in [0, 0.1) is 10.8 Å². The SMILES string of the molecule is CC12CCC(Cc3ccccc3)OC1C(C)(C)C1(CC2)OCCO1. The summed E-state index contributed by atoms with van der Waals surface area (Å²) in [6.07, 6.45) is 5.96. The van der Waals surface area contributed by atoms with E-state index in [1.54, 1.807) is 0 Å². The van der Waals surface area contributed by atoms with Crippen molar-refractivity contribution in [2.75, 3.05) is 13.2 Å². The van der Waals surface area contributed by atoms with E-state index in [1.165, 1.54) is 12.0 Å². The van der Waals surface area contributed by atoms with Crippen LogP contribution >= 0.6 is 0 Å². The van der Waals surface area contributed by atoms with Gasteiger partial charge in [-0.1, -0.05) is 51.1 Å². The second-order valence-corrected chi connectivity index (χ2v) is 8.69. The molecule has 24 heavy (non-hydrogen) atoms. The molecule has 4 rings (SSSR count). The molecule has 3 aliphatic rings. The van der Waals surface area contributed by atoms with Crippen LogP contribution in [0.5, 0.6) is 0 Å². The molecule has 1 aromatic carbocycles. The molecule has 1 aromatic rings. The molecule has 3 atom stereocenters. The summed E-state index contributed by atoms with van der Waals surface area (Å²) in [6, 6.07) is 10.7. The number of hydrogen-bond acceptors (Lipinski definition) is 3. The minimum absolute atomic E-state index is 0.133. The summed E-state index contributed by atoms with van der Waals surface area (Å²) in [5, 5.41) is 0. The molecule has 0 amide bonds. The Hall–Kier alpha value is -0.900. The molecule has 2 heterocycles. The summed E-state index contributed by atoms with van der Waals surface area (Å²) in [6.45, 7) is 8.39. The Bertz CT molecular complexity index is 576. The summed E-state index contributed by atoms with van der Waals surface area (Å²) in [4.78, 5) is 0. The monoisotopic (exact) mass is 330 g/mol. The van der Waals surface area contributed by atoms with Crippen LogP contribution < -0.4 is 0 Å². The van der Waals surface area contributed by atoms with Gasteiger partial charge in [0.1, 0.15) is 0 Å². The van der Waals surface area contributed by atoms with Crippen LogP contribution in [-0.4, -0.2) is 31.2 Å². The van der Waals surface area contributed by atoms with Gasteiger partial charge >= 0.3 is 0 Å². The number of rotatable bonds is 2. The lowest BCUT2D eigenvalue weighted by Crippen LogP contribution is -2.64. The maximum Gasteiger partial charge on any atom is 0.176 e. The molecule has 0 bridgehead atoms. The zero-order valence-corrected chi connectivity index (χ0v) is 15.2. The van der Waals surface area contributed by atoms with Crippen molar-refractivity contribution in [3.8, 4) is 0 Å². The number of fused-ring (bicyclic) bond motifs is 1. The van der Waals surface area contributed by atoms with Crippen LogP contribution in [0.1, 0.15) is 52.0 Å². The first-order valence-corrected chi connectivity index (χ1v) is 9.43. The first-order chi connectivity index (χ1) is 11.5. The highest BCUT2D eigenvalue weighted by Crippen LogP contribution is 2.59. The molecule has 1 spiro atoms. The van der Waals surface area contributed by atoms with Crippen molar-refractivity contribution in [3.63, 3.8) is 0 Å². The third-order valence-electron chi connectivity index (χ3n) is 6.72. The van der Waals surface area contributed by atoms with E-state index in [0.717, 1.165) is 25.7 Å². The minimum Gasteiger partial charge on any atom is -0.373 e. The van der Waals surface area contributed by atoms with E-state index in [1.807, 2.05) is 0 Å². The lowest BCUT2D eigenvalue weighted by Gasteiger charge is -2.60. The maximum absolute atomic E-state index is 6.74. The van der Waals surface area contributed by atoms with Crippen LogP contribution in [-0.2, 0) is 20.6 Å². The molecule has 0 N–H and O–H groups in total. The third-order valence-corrected chi connectivity index (χ3v) is 6.72. The predicted octanol–water partition coefficient (Wildman–Crippen LogP) is 4.35. The Morgan fingerprint density at radius 2 is 1.67 bits per heavy atom. The summed E-state index contributed by atoms with van der Waals surface area (Å²) in [5.74, 6) is -0.453. The van der Waals surface area contributed by atoms with Gasteiger partial charge < -0.3 is 14.2 Å². The van der Waals surface area contributed by atoms with E-state index in [4.69, 9.17) is 14.2 Å². The lowest BCUT2D eigenvalue weighted by molar-refractivity contribution is -0.321. The van der Waals surface area contributed by atoms with E-state index in [9.17, 15) is 0 Å². The largest absolute Gasteiger partial charge is 0.373 e. The fourth-order valence-electron chi connectivity index (χ4n) is 5.31. The van der Waals surface area contributed by atoms with Crippen LogP contribution in [0.4, 0.5) is 0 Å². The Labute approximate surface area is 145 Å². The van der Waals surface area contributed by atoms with Crippen molar-refractivity contribution in [2.24, 2.45) is 10.8 Å². The fourth-order valence-corrected chi connectivity index (χ4v) is 5.31. The molecule has 2 saturated heterocycles. The highest BCUT2D eigenvalue weighted by atomic mass is 16.7. The minimum atomic E-state index is -0.453. The Kier molecular flexibility index (Phi) is 4.02. The van der Waals surface area contributed by atoms with Crippen LogP contribution in [0.15, 0.2) is 30.3 Å². The topological polar surface area (TPSA) is 27.7 Å². The zero-order valence-electron chi connectivity index (χ0n) is 15.2. The Morgan fingerprint density at radius 1 is 0.958 bits per heavy atom. The van der Waals surface area contributed by atoms with Gasteiger partial charge in [-0.2, -0.15) is 0 Å². The Morgan fingerprint density at radius 3 is 2.38 bits per heavy atom. The van der Waals surface area contributed by atoms with E-state index in [-0.39, 0.29) is 16.9 Å². The van der Waals surface area contributed by atoms with Crippen molar-refractivity contribution in [1.82, 2.24) is 0 Å². The molecule has 0 radical (unpaired) electrons. The smallest absolute Gasteiger partial charge is 0.176 e. The third kappa shape index (κ3) is 2.53. The Balaban J connectivity index is 1.56. The maximum atomic E-state index is 6.74. The first-order valence-electron chi connectivity index (χ1n) is 9.43. The van der Waals surface area contributed by atoms with Gasteiger partial charge in [-0.3, -0.25) is 0 Å². The second-order valence-electron chi connectivity index (χ2n) is 8.69. The molecule has 0 aromatic heterocycles. The molecule has 3 heteroatoms. The quantitative estimate of drug-likeness (QED) is 0.807. The number of hydrogen-bond donors (Lipinski definition) is 0. The normalized spacial score (nSPS) is 37.3. The molecule has 3 nitrogen and oxygen atoms in total. The lowest BCUT2D eigenvalue weighted by atomic mass is 9.56. The predicted molar refractivity (Wildman–Crippen MR) is 93.8 cm³/mol. The van der Waals surface area contributed by atoms with Gasteiger partial charge in [0.2, 0.25) is 0 Å². The molecule has 3 unspecified atom stereocenters. The molecule has 1 saturated carbocycles. The van der Waals surface area contributed by atoms with Gasteiger partial charge in [-0.05, 0) is 36.7 Å². The van der Waals surface area contributed by atoms with Crippen LogP contribution in [0.25, 0.3) is 0 Å². The van der Waals surface area contributed by atoms with Crippen molar-refractivity contribution in [3.05, 3.63) is 35.9 Å². The van der Waals surface area contributed by atoms with Gasteiger partial charge in [0, 0.05) is 11.8 Å². The van der Waals surface area contributed by atoms with Crippen molar-refractivity contribution in [1.29, 1.82) is 0 Å². The van der Waals surface area contributed by atoms with Gasteiger partial charge in [0.15, 0.2) is 5.79 Å². The highest BCUT2D eigenvalue weighted by molar-refractivity contribution is 5.16. The summed E-state index contributed by atoms with van der Waals surface area (Å²) in [7, 11) is 0. The number of ether oxygens (including phenoxy) is 3. The molecule has 132 valence electrons. The van der Waals surface area contributed by atoms with Crippen LogP contribution in [0.2, 0.25) is 0 Å². The zero-order chi connectivity index (χ0) is 16.8. The number of benzene rings is 1. The van der Waals surface area contributed by atoms with E-state index in [2.05, 4.69) is 51.1 Å². The van der Waals surface area contributed by atoms with Crippen molar-refractivity contribution >= 4 is 0 Å². The average Bonchev–Trinajstić information content (AvgIpc) is 3.05. The van der Waals surface area contributed by atoms with Gasteiger partial charge in [-0.25, -0.2) is 0 Å². The van der Waals surface area contributed by atoms with Gasteiger partial charge in [0.05, 0.1) is 25.4 Å². The molecule has 1 aliphatic carbocycles. The molecule has 2 aliphatic heterocycles. The molecule has 3 fully saturated rings. The summed E-state index contributed by atoms with van der Waals surface area (Å²) >= 11 is 0. The summed E-state index contributed by atoms with van der Waals surface area (Å²) in [5.41, 5.74) is 1.46. The van der Waals surface area contributed by atoms with E-state index in [0.29, 0.717) is 19.3 Å². The highest BCUT2D eigenvalue weighted by Gasteiger charge is 2.63. The second kappa shape index (κ2) is 5.82. The fraction of sp³-hybridized carbons (Fsp3) is 0.714. The molecular formula is C21H30O3. The first kappa shape index (κ1) is 16.6. The van der Waals surface area contributed by atoms with Gasteiger partial charge in [0.25, 0.3) is 0 Å². The van der Waals surface area contributed by atoms with Crippen molar-refractivity contribution < 1.29 is 14.2 Å². The van der Waals surface area contributed by atoms with Crippen molar-refractivity contribution in [2.45, 2.75) is 70.9 Å². The molecular weight excluding hydrogens is 300 g/mol. The van der Waals surface area contributed by atoms with E-state index >= 15 is 0 Å². The van der Waals surface area contributed by atoms with Gasteiger partial charge in [-0.15, -0.1) is 0 Å².